The molecule has 16 heavy (non-hydrogen) atoms. The van der Waals surface area contributed by atoms with Gasteiger partial charge in [0.25, 0.3) is 5.69 Å². The SMILES string of the molecule is CN(C)c1ccc(C(=O)CBr)cc1[N+](=O)[O-]. The van der Waals surface area contributed by atoms with E-state index in [1.54, 1.807) is 31.1 Å². The van der Waals surface area contributed by atoms with Gasteiger partial charge in [0.2, 0.25) is 0 Å². The van der Waals surface area contributed by atoms with Crippen LogP contribution < -0.4 is 4.90 Å². The van der Waals surface area contributed by atoms with Gasteiger partial charge in [-0.05, 0) is 12.1 Å². The van der Waals surface area contributed by atoms with Gasteiger partial charge in [0.05, 0.1) is 10.3 Å². The Balaban J connectivity index is 3.28. The quantitative estimate of drug-likeness (QED) is 0.369. The summed E-state index contributed by atoms with van der Waals surface area (Å²) in [5.74, 6) is -0.173. The van der Waals surface area contributed by atoms with Gasteiger partial charge in [-0.1, -0.05) is 15.9 Å². The first-order valence-electron chi connectivity index (χ1n) is 4.52. The van der Waals surface area contributed by atoms with Crippen LogP contribution in [0.5, 0.6) is 0 Å². The Kier molecular flexibility index (Phi) is 4.00. The van der Waals surface area contributed by atoms with Gasteiger partial charge in [0, 0.05) is 25.7 Å². The second-order valence-electron chi connectivity index (χ2n) is 3.41. The van der Waals surface area contributed by atoms with Crippen molar-refractivity contribution in [3.63, 3.8) is 0 Å². The molecule has 0 bridgehead atoms. The van der Waals surface area contributed by atoms with Crippen molar-refractivity contribution >= 4 is 33.1 Å². The van der Waals surface area contributed by atoms with Crippen LogP contribution in [0, 0.1) is 10.1 Å². The van der Waals surface area contributed by atoms with Crippen molar-refractivity contribution in [1.29, 1.82) is 0 Å². The number of carbonyl (C=O) groups is 1. The standard InChI is InChI=1S/C10H11BrN2O3/c1-12(2)8-4-3-7(10(14)6-11)5-9(8)13(15)16/h3-5H,6H2,1-2H3. The summed E-state index contributed by atoms with van der Waals surface area (Å²) >= 11 is 3.03. The van der Waals surface area contributed by atoms with Crippen LogP contribution in [0.3, 0.4) is 0 Å². The first kappa shape index (κ1) is 12.6. The van der Waals surface area contributed by atoms with E-state index in [4.69, 9.17) is 0 Å². The molecule has 0 radical (unpaired) electrons. The van der Waals surface area contributed by atoms with Gasteiger partial charge in [0.1, 0.15) is 5.69 Å². The maximum Gasteiger partial charge on any atom is 0.293 e. The Bertz CT molecular complexity index is 432. The zero-order chi connectivity index (χ0) is 12.3. The predicted octanol–water partition coefficient (Wildman–Crippen LogP) is 2.24. The third-order valence-electron chi connectivity index (χ3n) is 2.10. The third-order valence-corrected chi connectivity index (χ3v) is 2.61. The number of anilines is 1. The molecule has 0 fully saturated rings. The number of halogens is 1. The molecular formula is C10H11BrN2O3. The highest BCUT2D eigenvalue weighted by atomic mass is 79.9. The van der Waals surface area contributed by atoms with E-state index in [1.165, 1.54) is 6.07 Å². The highest BCUT2D eigenvalue weighted by Crippen LogP contribution is 2.27. The lowest BCUT2D eigenvalue weighted by Gasteiger charge is -2.12. The lowest BCUT2D eigenvalue weighted by molar-refractivity contribution is -0.384. The Morgan fingerprint density at radius 3 is 2.56 bits per heavy atom. The van der Waals surface area contributed by atoms with Gasteiger partial charge in [-0.3, -0.25) is 14.9 Å². The van der Waals surface area contributed by atoms with Crippen molar-refractivity contribution in [1.82, 2.24) is 0 Å². The second-order valence-corrected chi connectivity index (χ2v) is 3.97. The molecule has 1 aromatic carbocycles. The number of alkyl halides is 1. The van der Waals surface area contributed by atoms with Crippen molar-refractivity contribution in [2.24, 2.45) is 0 Å². The molecule has 6 heteroatoms. The third kappa shape index (κ3) is 2.57. The fourth-order valence-corrected chi connectivity index (χ4v) is 1.62. The molecule has 0 atom stereocenters. The number of ketones is 1. The van der Waals surface area contributed by atoms with E-state index in [2.05, 4.69) is 15.9 Å². The van der Waals surface area contributed by atoms with Crippen LogP contribution in [-0.4, -0.2) is 30.1 Å². The van der Waals surface area contributed by atoms with Crippen molar-refractivity contribution in [3.05, 3.63) is 33.9 Å². The first-order valence-corrected chi connectivity index (χ1v) is 5.64. The number of Topliss-reactive ketones (excluding diaryl/α,β-unsaturated/α-hetero) is 1. The molecule has 1 rings (SSSR count). The van der Waals surface area contributed by atoms with Crippen molar-refractivity contribution in [2.75, 3.05) is 24.3 Å². The molecule has 0 N–H and O–H groups in total. The van der Waals surface area contributed by atoms with Gasteiger partial charge in [-0.15, -0.1) is 0 Å². The molecule has 5 nitrogen and oxygen atoms in total. The fourth-order valence-electron chi connectivity index (χ4n) is 1.30. The zero-order valence-corrected chi connectivity index (χ0v) is 10.5. The predicted molar refractivity (Wildman–Crippen MR) is 65.5 cm³/mol. The summed E-state index contributed by atoms with van der Waals surface area (Å²) in [5, 5.41) is 11.0. The minimum Gasteiger partial charge on any atom is -0.372 e. The molecule has 0 aliphatic carbocycles. The molecule has 0 aromatic heterocycles. The van der Waals surface area contributed by atoms with Crippen LogP contribution in [-0.2, 0) is 0 Å². The number of nitrogens with zero attached hydrogens (tertiary/aromatic N) is 2. The van der Waals surface area contributed by atoms with Crippen LogP contribution in [0.2, 0.25) is 0 Å². The minimum absolute atomic E-state index is 0.0585. The monoisotopic (exact) mass is 286 g/mol. The molecule has 0 amide bonds. The number of hydrogen-bond acceptors (Lipinski definition) is 4. The summed E-state index contributed by atoms with van der Waals surface area (Å²) in [6.07, 6.45) is 0. The van der Waals surface area contributed by atoms with Crippen molar-refractivity contribution < 1.29 is 9.72 Å². The molecule has 0 aliphatic heterocycles. The average Bonchev–Trinajstić information content (AvgIpc) is 2.26. The van der Waals surface area contributed by atoms with Crippen LogP contribution in [0.15, 0.2) is 18.2 Å². The zero-order valence-electron chi connectivity index (χ0n) is 8.94. The number of hydrogen-bond donors (Lipinski definition) is 0. The Labute approximate surface area is 101 Å². The van der Waals surface area contributed by atoms with Crippen LogP contribution in [0.4, 0.5) is 11.4 Å². The summed E-state index contributed by atoms with van der Waals surface area (Å²) < 4.78 is 0. The summed E-state index contributed by atoms with van der Waals surface area (Å²) in [4.78, 5) is 23.4. The van der Waals surface area contributed by atoms with Crippen LogP contribution in [0.1, 0.15) is 10.4 Å². The largest absolute Gasteiger partial charge is 0.372 e. The number of benzene rings is 1. The topological polar surface area (TPSA) is 63.5 Å². The normalized spacial score (nSPS) is 9.94. The van der Waals surface area contributed by atoms with Gasteiger partial charge in [-0.25, -0.2) is 0 Å². The molecule has 1 aromatic rings. The molecule has 0 aliphatic rings. The summed E-state index contributed by atoms with van der Waals surface area (Å²) in [6.45, 7) is 0. The lowest BCUT2D eigenvalue weighted by Crippen LogP contribution is -2.12. The molecule has 0 saturated heterocycles. The van der Waals surface area contributed by atoms with Gasteiger partial charge in [-0.2, -0.15) is 0 Å². The molecule has 0 saturated carbocycles. The maximum absolute atomic E-state index is 11.4. The summed E-state index contributed by atoms with van der Waals surface area (Å²) in [6, 6.07) is 4.47. The molecule has 0 heterocycles. The first-order chi connectivity index (χ1) is 7.47. The Hall–Kier alpha value is -1.43. The lowest BCUT2D eigenvalue weighted by atomic mass is 10.1. The highest BCUT2D eigenvalue weighted by Gasteiger charge is 2.18. The van der Waals surface area contributed by atoms with Crippen molar-refractivity contribution in [3.8, 4) is 0 Å². The van der Waals surface area contributed by atoms with E-state index in [-0.39, 0.29) is 16.8 Å². The summed E-state index contributed by atoms with van der Waals surface area (Å²) in [5.41, 5.74) is 0.766. The number of nitro benzene ring substituents is 1. The van der Waals surface area contributed by atoms with E-state index in [0.717, 1.165) is 0 Å². The van der Waals surface area contributed by atoms with Crippen LogP contribution >= 0.6 is 15.9 Å². The number of rotatable bonds is 4. The minimum atomic E-state index is -0.486. The fraction of sp³-hybridized carbons (Fsp3) is 0.300. The maximum atomic E-state index is 11.4. The van der Waals surface area contributed by atoms with Crippen molar-refractivity contribution in [2.45, 2.75) is 0 Å². The smallest absolute Gasteiger partial charge is 0.293 e. The van der Waals surface area contributed by atoms with E-state index in [9.17, 15) is 14.9 Å². The molecule has 0 unspecified atom stereocenters. The van der Waals surface area contributed by atoms with E-state index in [0.29, 0.717) is 11.3 Å². The second kappa shape index (κ2) is 5.07. The van der Waals surface area contributed by atoms with Crippen LogP contribution in [0.25, 0.3) is 0 Å². The van der Waals surface area contributed by atoms with Gasteiger partial charge in [0.15, 0.2) is 5.78 Å². The summed E-state index contributed by atoms with van der Waals surface area (Å²) in [7, 11) is 3.43. The highest BCUT2D eigenvalue weighted by molar-refractivity contribution is 9.09. The van der Waals surface area contributed by atoms with E-state index < -0.39 is 4.92 Å². The molecule has 86 valence electrons. The van der Waals surface area contributed by atoms with Gasteiger partial charge < -0.3 is 4.90 Å². The van der Waals surface area contributed by atoms with E-state index in [1.807, 2.05) is 0 Å². The number of carbonyl (C=O) groups excluding carboxylic acids is 1. The Morgan fingerprint density at radius 2 is 2.12 bits per heavy atom. The average molecular weight is 287 g/mol. The number of nitro groups is 1. The molecular weight excluding hydrogens is 276 g/mol. The molecule has 0 spiro atoms. The Morgan fingerprint density at radius 1 is 1.50 bits per heavy atom. The van der Waals surface area contributed by atoms with E-state index >= 15 is 0 Å². The van der Waals surface area contributed by atoms with Gasteiger partial charge >= 0.3 is 0 Å².